The highest BCUT2D eigenvalue weighted by molar-refractivity contribution is 7.31. The largest absolute Gasteiger partial charge is 0.514 e. The number of hydrogen-bond donors (Lipinski definition) is 10. The number of cyclic esters (lactones) is 2. The van der Waals surface area contributed by atoms with Crippen molar-refractivity contribution in [2.45, 2.75) is 114 Å². The standard InChI is InChI=1S/C36H43N5O13.C20H21NO4.C8H12N2O4P2.C7H9NO.C4H11NO2.C4H2O3.CH4O.4CH4/c1-23(2)33(39-35(47)52-19-18-51-17-16-40-31(44)13-14-32(40)45)30(43)21-26(4-3-15-38-34(37)46)29(42)20-24-5-7-25(8-6-24)22-53-36(48)54-28-11-9-27(10-12-28)41(49)50;1-12(2)18(19(22)23)21-20(24)25-11-17-15-9-5-3-7-13(15)14-8-4-6-10-16(14)17;11-7-1-2-8(12)10(7)3-4-13-5-6-14-16-9-15;8-7-3-1-6(5-9)2-4-7;5-1-3-7-4-2-6;5-3-1-2-4(6)7-3;1-2;;;;/h5-14,23,26,33H,3-4,15-22H2,1-2H3,(H,39,47)(H3,37,38,46);3-10,12,17-18H,11H2,1-2H3,(H,21,24)(H,22,23);1-2H,3-6,15H2;1-4,9H,5,8H2;6H,1-5H2;1-2H;2H,1H3;4*1H4/t26-,33+;18-;;;;;;;;;/m10........./s1. The highest BCUT2D eigenvalue weighted by Gasteiger charge is 2.33. The fourth-order valence-electron chi connectivity index (χ4n) is 10.7. The number of aliphatic carboxylic acids is 1. The molecular formula is C84H118N10O28P2. The van der Waals surface area contributed by atoms with Crippen LogP contribution < -0.4 is 37.9 Å². The highest BCUT2D eigenvalue weighted by atomic mass is 31.1. The van der Waals surface area contributed by atoms with E-state index in [0.29, 0.717) is 65.7 Å². The van der Waals surface area contributed by atoms with Crippen molar-refractivity contribution in [1.82, 2.24) is 25.8 Å². The number of aliphatic hydroxyl groups excluding tert-OH is 3. The Hall–Kier alpha value is -12.0. The summed E-state index contributed by atoms with van der Waals surface area (Å²) in [4.78, 5) is 164. The van der Waals surface area contributed by atoms with Crippen molar-refractivity contribution in [2.24, 2.45) is 33.7 Å². The highest BCUT2D eigenvalue weighted by Crippen LogP contribution is 2.44. The number of nitro groups is 1. The summed E-state index contributed by atoms with van der Waals surface area (Å²) in [5.74, 6) is -5.59. The van der Waals surface area contributed by atoms with Gasteiger partial charge in [0.15, 0.2) is 14.4 Å². The second kappa shape index (κ2) is 64.8. The van der Waals surface area contributed by atoms with Crippen LogP contribution in [0.2, 0.25) is 0 Å². The third-order valence-corrected chi connectivity index (χ3v) is 17.3. The summed E-state index contributed by atoms with van der Waals surface area (Å²) in [5, 5.41) is 51.1. The van der Waals surface area contributed by atoms with Gasteiger partial charge in [0, 0.05) is 99.2 Å². The van der Waals surface area contributed by atoms with Crippen molar-refractivity contribution >= 4 is 107 Å². The lowest BCUT2D eigenvalue weighted by Gasteiger charge is -2.23. The Morgan fingerprint density at radius 2 is 1.09 bits per heavy atom. The molecule has 0 bridgehead atoms. The number of carbonyl (C=O) groups excluding carboxylic acids is 12. The Balaban J connectivity index is 0. The molecule has 0 radical (unpaired) electrons. The van der Waals surface area contributed by atoms with E-state index in [1.807, 2.05) is 36.4 Å². The number of non-ortho nitro benzene ring substituents is 1. The first kappa shape index (κ1) is 114. The van der Waals surface area contributed by atoms with Gasteiger partial charge >= 0.3 is 42.3 Å². The van der Waals surface area contributed by atoms with Gasteiger partial charge in [-0.05, 0) is 97.3 Å². The van der Waals surface area contributed by atoms with E-state index < -0.39 is 77.0 Å². The third-order valence-electron chi connectivity index (χ3n) is 16.6. The van der Waals surface area contributed by atoms with Crippen molar-refractivity contribution in [2.75, 3.05) is 105 Å². The lowest BCUT2D eigenvalue weighted by molar-refractivity contribution is -0.384. The van der Waals surface area contributed by atoms with E-state index in [1.165, 1.54) is 48.6 Å². The van der Waals surface area contributed by atoms with Crippen LogP contribution in [0, 0.1) is 27.9 Å². The summed E-state index contributed by atoms with van der Waals surface area (Å²) in [7, 11) is 3.72. The summed E-state index contributed by atoms with van der Waals surface area (Å²) in [6, 6.07) is 32.2. The number of aliphatic hydroxyl groups is 3. The number of nitrogens with one attached hydrogen (secondary N) is 3. The van der Waals surface area contributed by atoms with Crippen LogP contribution in [-0.4, -0.2) is 224 Å². The number of Topliss-reactive ketones (excluding diaryl/α,β-unsaturated/α-hetero) is 2. The van der Waals surface area contributed by atoms with Gasteiger partial charge in [-0.15, -0.1) is 0 Å². The number of alkyl carbamates (subject to hydrolysis) is 2. The predicted molar refractivity (Wildman–Crippen MR) is 464 cm³/mol. The number of carboxylic acids is 1. The maximum atomic E-state index is 13.5. The number of imide groups is 2. The number of esters is 2. The van der Waals surface area contributed by atoms with E-state index in [4.69, 9.17) is 75.3 Å². The van der Waals surface area contributed by atoms with Crippen molar-refractivity contribution < 1.29 is 130 Å². The number of hydrogen-bond acceptors (Lipinski definition) is 30. The first-order valence-corrected chi connectivity index (χ1v) is 38.5. The van der Waals surface area contributed by atoms with Crippen LogP contribution in [0.4, 0.5) is 30.6 Å². The van der Waals surface area contributed by atoms with Crippen molar-refractivity contribution in [3.63, 3.8) is 0 Å². The molecule has 0 saturated carbocycles. The molecule has 40 heteroatoms. The second-order valence-electron chi connectivity index (χ2n) is 25.9. The van der Waals surface area contributed by atoms with Crippen molar-refractivity contribution in [3.05, 3.63) is 196 Å². The lowest BCUT2D eigenvalue weighted by atomic mass is 9.85. The Bertz CT molecular complexity index is 4180. The molecule has 3 heterocycles. The van der Waals surface area contributed by atoms with Gasteiger partial charge in [0.1, 0.15) is 37.4 Å². The summed E-state index contributed by atoms with van der Waals surface area (Å²) < 4.78 is 48.5. The molecule has 0 saturated heterocycles. The Morgan fingerprint density at radius 3 is 1.55 bits per heavy atom. The molecule has 0 aromatic heterocycles. The van der Waals surface area contributed by atoms with Gasteiger partial charge in [-0.1, -0.05) is 142 Å². The van der Waals surface area contributed by atoms with Gasteiger partial charge in [0.25, 0.3) is 29.3 Å². The van der Waals surface area contributed by atoms with E-state index in [0.717, 1.165) is 62.6 Å². The van der Waals surface area contributed by atoms with Crippen LogP contribution in [-0.2, 0) is 100 Å². The minimum absolute atomic E-state index is 0. The number of ketones is 2. The molecule has 0 spiro atoms. The van der Waals surface area contributed by atoms with Gasteiger partial charge in [0.2, 0.25) is 0 Å². The SMILES string of the molecule is C.C.C.C.CC(C)[C@H](NC(=O)OCC1c2ccccc2-c2ccccc21)C(=O)O.CC(C)[C@H](NC(=O)OCCOCCN1C(=O)C=CC1=O)C(=O)C[C@@H](CCCNC(N)=O)C(=O)Cc1ccc(COC(=O)Oc2ccc([N+](=O)[O-])cc2)cc1.CO.NCCOCCO.Nc1ccc(CO)cc1.O=C1C=CC(=O)N1CCOCCOP=NP.O=C1C=CC(=O)O1. The predicted octanol–water partition coefficient (Wildman–Crippen LogP) is 9.05. The number of rotatable bonds is 39. The molecule has 124 heavy (non-hydrogen) atoms. The zero-order valence-electron chi connectivity index (χ0n) is 66.7. The number of fused-ring (bicyclic) bond motifs is 3. The summed E-state index contributed by atoms with van der Waals surface area (Å²) in [5.41, 5.74) is 22.8. The molecule has 682 valence electrons. The number of amides is 8. The molecule has 1 unspecified atom stereocenters. The van der Waals surface area contributed by atoms with Crippen molar-refractivity contribution in [1.29, 1.82) is 0 Å². The minimum atomic E-state index is -1.07. The first-order chi connectivity index (χ1) is 57.5. The molecule has 8 amide bonds. The molecule has 3 aliphatic heterocycles. The maximum Gasteiger partial charge on any atom is 0.514 e. The molecule has 5 aromatic rings. The van der Waals surface area contributed by atoms with E-state index in [2.05, 4.69) is 46.7 Å². The first-order valence-electron chi connectivity index (χ1n) is 37.2. The van der Waals surface area contributed by atoms with Gasteiger partial charge in [-0.25, -0.2) is 38.1 Å². The van der Waals surface area contributed by atoms with Crippen LogP contribution in [0.25, 0.3) is 11.1 Å². The smallest absolute Gasteiger partial charge is 0.480 e. The molecular weight excluding hydrogens is 1660 g/mol. The monoisotopic (exact) mass is 1780 g/mol. The number of nitrogen functional groups attached to an aromatic ring is 1. The quantitative estimate of drug-likeness (QED) is 0.00167. The summed E-state index contributed by atoms with van der Waals surface area (Å²) in [6.07, 6.45) is 4.83. The molecule has 13 N–H and O–H groups in total. The molecule has 0 fully saturated rings. The minimum Gasteiger partial charge on any atom is -0.480 e. The number of nitrogens with two attached hydrogens (primary N) is 3. The molecule has 1 aliphatic carbocycles. The summed E-state index contributed by atoms with van der Waals surface area (Å²) >= 11 is 0. The number of primary amides is 1. The van der Waals surface area contributed by atoms with E-state index in [9.17, 15) is 72.4 Å². The van der Waals surface area contributed by atoms with Crippen LogP contribution in [0.15, 0.2) is 162 Å². The normalized spacial score (nSPS) is 12.9. The zero-order chi connectivity index (χ0) is 88.9. The Kier molecular flexibility index (Phi) is 59.6. The number of benzene rings is 5. The number of nitro benzene ring substituents is 1. The number of carboxylic acid groups (broad SMARTS) is 1. The number of urea groups is 1. The fourth-order valence-corrected chi connectivity index (χ4v) is 11.2. The Labute approximate surface area is 725 Å². The molecule has 5 aromatic carbocycles. The van der Waals surface area contributed by atoms with Crippen molar-refractivity contribution in [3.8, 4) is 16.9 Å². The van der Waals surface area contributed by atoms with Crippen LogP contribution in [0.1, 0.15) is 110 Å². The molecule has 4 atom stereocenters. The zero-order valence-corrected chi connectivity index (χ0v) is 68.8. The van der Waals surface area contributed by atoms with Gasteiger partial charge in [0.05, 0.1) is 83.5 Å². The lowest BCUT2D eigenvalue weighted by Crippen LogP contribution is -2.45. The average molecular weight is 1780 g/mol. The van der Waals surface area contributed by atoms with E-state index >= 15 is 0 Å². The molecule has 9 rings (SSSR count). The van der Waals surface area contributed by atoms with E-state index in [-0.39, 0.29) is 167 Å². The van der Waals surface area contributed by atoms with Gasteiger partial charge in [-0.2, -0.15) is 0 Å². The summed E-state index contributed by atoms with van der Waals surface area (Å²) in [6.45, 7) is 10.1. The average Bonchev–Trinajstić information content (AvgIpc) is 1.61. The second-order valence-corrected chi connectivity index (χ2v) is 27.2. The number of anilines is 1. The third kappa shape index (κ3) is 44.2. The fraction of sp³-hybridized carbons (Fsp3) is 0.417. The van der Waals surface area contributed by atoms with Gasteiger partial charge in [-0.3, -0.25) is 48.7 Å². The molecule has 4 aliphatic rings. The Morgan fingerprint density at radius 1 is 0.605 bits per heavy atom. The van der Waals surface area contributed by atoms with Gasteiger partial charge < -0.3 is 96.0 Å². The van der Waals surface area contributed by atoms with Crippen LogP contribution in [0.5, 0.6) is 5.75 Å². The number of nitrogens with zero attached hydrogens (tertiary/aromatic N) is 4. The van der Waals surface area contributed by atoms with Crippen LogP contribution in [0.3, 0.4) is 0 Å². The van der Waals surface area contributed by atoms with E-state index in [1.54, 1.807) is 76.2 Å². The number of ether oxygens (including phenoxy) is 8. The molecule has 38 nitrogen and oxygen atoms in total. The topological polar surface area (TPSA) is 562 Å². The van der Waals surface area contributed by atoms with Crippen LogP contribution >= 0.6 is 18.0 Å². The maximum absolute atomic E-state index is 13.5. The number of carbonyl (C=O) groups is 13.